The lowest BCUT2D eigenvalue weighted by Crippen LogP contribution is -2.16. The molecule has 0 atom stereocenters. The molecule has 0 saturated heterocycles. The van der Waals surface area contributed by atoms with Gasteiger partial charge in [-0.25, -0.2) is 4.98 Å². The Hall–Kier alpha value is -1.65. The summed E-state index contributed by atoms with van der Waals surface area (Å²) in [7, 11) is 1.72. The molecule has 1 heterocycles. The predicted octanol–water partition coefficient (Wildman–Crippen LogP) is 1.89. The number of nitrogens with zero attached hydrogens (tertiary/aromatic N) is 1. The summed E-state index contributed by atoms with van der Waals surface area (Å²) in [4.78, 5) is 7.09. The average molecular weight is 245 g/mol. The van der Waals surface area contributed by atoms with Crippen LogP contribution in [0.4, 0.5) is 0 Å². The van der Waals surface area contributed by atoms with Gasteiger partial charge >= 0.3 is 0 Å². The van der Waals surface area contributed by atoms with Crippen molar-refractivity contribution in [2.45, 2.75) is 19.6 Å². The smallest absolute Gasteiger partial charge is 0.0921 e. The van der Waals surface area contributed by atoms with Crippen LogP contribution in [0.3, 0.4) is 0 Å². The number of aromatic nitrogens is 2. The number of ether oxygens (including phenoxy) is 1. The van der Waals surface area contributed by atoms with E-state index in [1.807, 2.05) is 6.20 Å². The van der Waals surface area contributed by atoms with Crippen LogP contribution in [-0.4, -0.2) is 23.6 Å². The minimum Gasteiger partial charge on any atom is -0.380 e. The van der Waals surface area contributed by atoms with Gasteiger partial charge in [0, 0.05) is 38.5 Å². The summed E-state index contributed by atoms with van der Waals surface area (Å²) in [5.41, 5.74) is 3.66. The average Bonchev–Trinajstić information content (AvgIpc) is 2.89. The zero-order chi connectivity index (χ0) is 12.6. The van der Waals surface area contributed by atoms with E-state index in [0.717, 1.165) is 25.2 Å². The van der Waals surface area contributed by atoms with Crippen molar-refractivity contribution >= 4 is 0 Å². The highest BCUT2D eigenvalue weighted by atomic mass is 16.5. The molecule has 2 rings (SSSR count). The Balaban J connectivity index is 1.74. The summed E-state index contributed by atoms with van der Waals surface area (Å²) in [5.74, 6) is 0. The number of aromatic amines is 1. The molecule has 4 heteroatoms. The quantitative estimate of drug-likeness (QED) is 0.732. The van der Waals surface area contributed by atoms with Crippen LogP contribution in [0, 0.1) is 0 Å². The first-order valence-electron chi connectivity index (χ1n) is 6.13. The van der Waals surface area contributed by atoms with E-state index >= 15 is 0 Å². The number of hydrogen-bond acceptors (Lipinski definition) is 3. The molecule has 0 spiro atoms. The molecule has 0 amide bonds. The van der Waals surface area contributed by atoms with Crippen LogP contribution in [0.25, 0.3) is 0 Å². The van der Waals surface area contributed by atoms with Gasteiger partial charge in [0.05, 0.1) is 12.9 Å². The van der Waals surface area contributed by atoms with Gasteiger partial charge in [-0.05, 0) is 11.1 Å². The van der Waals surface area contributed by atoms with Crippen molar-refractivity contribution in [3.8, 4) is 0 Å². The largest absolute Gasteiger partial charge is 0.380 e. The summed E-state index contributed by atoms with van der Waals surface area (Å²) in [6, 6.07) is 8.45. The summed E-state index contributed by atoms with van der Waals surface area (Å²) in [6.07, 6.45) is 4.54. The minimum absolute atomic E-state index is 0.669. The second-order valence-electron chi connectivity index (χ2n) is 4.26. The van der Waals surface area contributed by atoms with Crippen molar-refractivity contribution < 1.29 is 4.74 Å². The fraction of sp³-hybridized carbons (Fsp3) is 0.357. The first kappa shape index (κ1) is 12.8. The zero-order valence-electron chi connectivity index (χ0n) is 10.6. The van der Waals surface area contributed by atoms with Crippen molar-refractivity contribution in [2.24, 2.45) is 0 Å². The van der Waals surface area contributed by atoms with Crippen LogP contribution in [0.2, 0.25) is 0 Å². The number of imidazole rings is 1. The molecule has 0 aliphatic carbocycles. The predicted molar refractivity (Wildman–Crippen MR) is 71.2 cm³/mol. The highest BCUT2D eigenvalue weighted by Gasteiger charge is 1.97. The fourth-order valence-corrected chi connectivity index (χ4v) is 1.87. The van der Waals surface area contributed by atoms with Crippen LogP contribution < -0.4 is 5.32 Å². The normalized spacial score (nSPS) is 10.7. The summed E-state index contributed by atoms with van der Waals surface area (Å²) < 4.78 is 5.13. The Kier molecular flexibility index (Phi) is 4.93. The molecule has 0 unspecified atom stereocenters. The van der Waals surface area contributed by atoms with Crippen LogP contribution in [0.1, 0.15) is 16.8 Å². The van der Waals surface area contributed by atoms with E-state index in [0.29, 0.717) is 6.61 Å². The maximum Gasteiger partial charge on any atom is 0.0921 e. The molecule has 2 N–H and O–H groups in total. The molecule has 96 valence electrons. The van der Waals surface area contributed by atoms with E-state index < -0.39 is 0 Å². The highest BCUT2D eigenvalue weighted by Crippen LogP contribution is 2.06. The molecule has 1 aromatic heterocycles. The van der Waals surface area contributed by atoms with Crippen molar-refractivity contribution in [3.05, 3.63) is 53.6 Å². The van der Waals surface area contributed by atoms with Gasteiger partial charge < -0.3 is 15.0 Å². The molecule has 0 bridgehead atoms. The second kappa shape index (κ2) is 6.93. The Labute approximate surface area is 107 Å². The van der Waals surface area contributed by atoms with Crippen molar-refractivity contribution in [1.29, 1.82) is 0 Å². The van der Waals surface area contributed by atoms with E-state index in [-0.39, 0.29) is 0 Å². The van der Waals surface area contributed by atoms with Gasteiger partial charge in [0.1, 0.15) is 0 Å². The molecule has 0 radical (unpaired) electrons. The van der Waals surface area contributed by atoms with Crippen LogP contribution >= 0.6 is 0 Å². The number of methoxy groups -OCH3 is 1. The van der Waals surface area contributed by atoms with E-state index in [4.69, 9.17) is 4.74 Å². The van der Waals surface area contributed by atoms with Crippen molar-refractivity contribution in [1.82, 2.24) is 15.3 Å². The van der Waals surface area contributed by atoms with Gasteiger partial charge in [0.25, 0.3) is 0 Å². The number of H-pyrrole nitrogens is 1. The standard InChI is InChI=1S/C14H19N3O/c1-18-10-13-4-2-3-12(7-13)8-15-6-5-14-9-16-11-17-14/h2-4,7,9,11,15H,5-6,8,10H2,1H3,(H,16,17). The molecular formula is C14H19N3O. The van der Waals surface area contributed by atoms with Gasteiger partial charge in [-0.1, -0.05) is 24.3 Å². The van der Waals surface area contributed by atoms with Gasteiger partial charge in [-0.2, -0.15) is 0 Å². The molecule has 0 fully saturated rings. The van der Waals surface area contributed by atoms with E-state index in [1.54, 1.807) is 13.4 Å². The fourth-order valence-electron chi connectivity index (χ4n) is 1.87. The first-order valence-corrected chi connectivity index (χ1v) is 6.13. The van der Waals surface area contributed by atoms with Crippen molar-refractivity contribution in [2.75, 3.05) is 13.7 Å². The van der Waals surface area contributed by atoms with Crippen LogP contribution in [0.5, 0.6) is 0 Å². The number of nitrogens with one attached hydrogen (secondary N) is 2. The molecule has 0 aliphatic rings. The highest BCUT2D eigenvalue weighted by molar-refractivity contribution is 5.22. The molecule has 0 aliphatic heterocycles. The van der Waals surface area contributed by atoms with E-state index in [1.165, 1.54) is 11.1 Å². The Morgan fingerprint density at radius 3 is 3.00 bits per heavy atom. The third-order valence-corrected chi connectivity index (χ3v) is 2.76. The number of benzene rings is 1. The van der Waals surface area contributed by atoms with E-state index in [9.17, 15) is 0 Å². The van der Waals surface area contributed by atoms with Gasteiger partial charge in [-0.15, -0.1) is 0 Å². The monoisotopic (exact) mass is 245 g/mol. The molecule has 4 nitrogen and oxygen atoms in total. The molecule has 1 aromatic carbocycles. The van der Waals surface area contributed by atoms with Gasteiger partial charge in [0.2, 0.25) is 0 Å². The number of rotatable bonds is 7. The SMILES string of the molecule is COCc1cccc(CNCCc2cnc[nH]2)c1. The third-order valence-electron chi connectivity index (χ3n) is 2.76. The molecule has 18 heavy (non-hydrogen) atoms. The summed E-state index contributed by atoms with van der Waals surface area (Å²) in [6.45, 7) is 2.49. The Morgan fingerprint density at radius 2 is 2.22 bits per heavy atom. The third kappa shape index (κ3) is 3.98. The maximum atomic E-state index is 5.13. The second-order valence-corrected chi connectivity index (χ2v) is 4.26. The number of hydrogen-bond donors (Lipinski definition) is 2. The Bertz CT molecular complexity index is 454. The topological polar surface area (TPSA) is 49.9 Å². The molecule has 2 aromatic rings. The van der Waals surface area contributed by atoms with E-state index in [2.05, 4.69) is 39.6 Å². The lowest BCUT2D eigenvalue weighted by Gasteiger charge is -2.06. The minimum atomic E-state index is 0.669. The van der Waals surface area contributed by atoms with Gasteiger partial charge in [-0.3, -0.25) is 0 Å². The lowest BCUT2D eigenvalue weighted by atomic mass is 10.1. The Morgan fingerprint density at radius 1 is 1.33 bits per heavy atom. The van der Waals surface area contributed by atoms with Crippen molar-refractivity contribution in [3.63, 3.8) is 0 Å². The lowest BCUT2D eigenvalue weighted by molar-refractivity contribution is 0.185. The molecular weight excluding hydrogens is 226 g/mol. The first-order chi connectivity index (χ1) is 8.88. The zero-order valence-corrected chi connectivity index (χ0v) is 10.6. The maximum absolute atomic E-state index is 5.13. The summed E-state index contributed by atoms with van der Waals surface area (Å²) in [5, 5.41) is 3.42. The van der Waals surface area contributed by atoms with Crippen LogP contribution in [0.15, 0.2) is 36.8 Å². The van der Waals surface area contributed by atoms with Gasteiger partial charge in [0.15, 0.2) is 0 Å². The molecule has 0 saturated carbocycles. The van der Waals surface area contributed by atoms with Crippen LogP contribution in [-0.2, 0) is 24.3 Å². The summed E-state index contributed by atoms with van der Waals surface area (Å²) >= 11 is 0.